The molecule has 2 aromatic carbocycles. The van der Waals surface area contributed by atoms with Crippen LogP contribution in [-0.4, -0.2) is 21.3 Å². The Morgan fingerprint density at radius 3 is 2.42 bits per heavy atom. The average Bonchev–Trinajstić information content (AvgIpc) is 3.40. The second kappa shape index (κ2) is 10.2. The van der Waals surface area contributed by atoms with Crippen LogP contribution in [0.1, 0.15) is 54.1 Å². The molecule has 5 rings (SSSR count). The molecule has 4 aromatic rings. The van der Waals surface area contributed by atoms with Crippen LogP contribution in [0.25, 0.3) is 5.69 Å². The fourth-order valence-corrected chi connectivity index (χ4v) is 5.65. The van der Waals surface area contributed by atoms with Crippen LogP contribution < -0.4 is 15.0 Å². The van der Waals surface area contributed by atoms with Crippen LogP contribution in [0.4, 0.5) is 5.69 Å². The van der Waals surface area contributed by atoms with Gasteiger partial charge in [0.05, 0.1) is 24.4 Å². The van der Waals surface area contributed by atoms with Gasteiger partial charge in [0.2, 0.25) is 0 Å². The summed E-state index contributed by atoms with van der Waals surface area (Å²) in [5.74, 6) is 0.853. The van der Waals surface area contributed by atoms with Crippen molar-refractivity contribution in [2.75, 3.05) is 11.5 Å². The van der Waals surface area contributed by atoms with Crippen molar-refractivity contribution in [3.05, 3.63) is 107 Å². The lowest BCUT2D eigenvalue weighted by Crippen LogP contribution is -2.29. The molecule has 36 heavy (non-hydrogen) atoms. The Kier molecular flexibility index (Phi) is 6.79. The fourth-order valence-electron chi connectivity index (χ4n) is 5.30. The molecule has 1 saturated heterocycles. The van der Waals surface area contributed by atoms with E-state index in [4.69, 9.17) is 21.9 Å². The Morgan fingerprint density at radius 1 is 0.972 bits per heavy atom. The van der Waals surface area contributed by atoms with Gasteiger partial charge in [0.15, 0.2) is 5.11 Å². The molecule has 5 nitrogen and oxygen atoms in total. The smallest absolute Gasteiger partial charge is 0.174 e. The molecule has 3 heterocycles. The Bertz CT molecular complexity index is 1360. The molecule has 1 fully saturated rings. The average molecular weight is 497 g/mol. The Morgan fingerprint density at radius 2 is 1.72 bits per heavy atom. The number of nitrogens with zero attached hydrogens (tertiary/aromatic N) is 3. The summed E-state index contributed by atoms with van der Waals surface area (Å²) in [6, 6.07) is 25.0. The summed E-state index contributed by atoms with van der Waals surface area (Å²) >= 11 is 5.93. The molecule has 1 aliphatic rings. The number of nitrogens with one attached hydrogen (secondary N) is 1. The van der Waals surface area contributed by atoms with Crippen LogP contribution in [0.15, 0.2) is 79.0 Å². The number of benzene rings is 2. The number of anilines is 1. The van der Waals surface area contributed by atoms with Crippen LogP contribution in [-0.2, 0) is 6.42 Å². The first-order chi connectivity index (χ1) is 17.5. The van der Waals surface area contributed by atoms with Crippen LogP contribution >= 0.6 is 12.2 Å². The van der Waals surface area contributed by atoms with Gasteiger partial charge in [-0.2, -0.15) is 0 Å². The quantitative estimate of drug-likeness (QED) is 0.291. The molecule has 2 aromatic heterocycles. The Hall–Kier alpha value is -3.64. The van der Waals surface area contributed by atoms with E-state index in [1.807, 2.05) is 37.4 Å². The number of para-hydroxylation sites is 1. The number of hydrogen-bond donors (Lipinski definition) is 1. The van der Waals surface area contributed by atoms with E-state index in [1.54, 1.807) is 0 Å². The molecule has 0 unspecified atom stereocenters. The minimum atomic E-state index is -0.0827. The van der Waals surface area contributed by atoms with E-state index in [1.165, 1.54) is 28.2 Å². The van der Waals surface area contributed by atoms with Gasteiger partial charge in [0.1, 0.15) is 5.75 Å². The molecule has 1 aliphatic heterocycles. The first-order valence-corrected chi connectivity index (χ1v) is 12.9. The van der Waals surface area contributed by atoms with E-state index >= 15 is 0 Å². The molecule has 1 N–H and O–H groups in total. The molecule has 0 amide bonds. The molecular formula is C30H32N4OS. The summed E-state index contributed by atoms with van der Waals surface area (Å²) in [6.07, 6.45) is 2.82. The summed E-state index contributed by atoms with van der Waals surface area (Å²) in [7, 11) is 0. The summed E-state index contributed by atoms with van der Waals surface area (Å²) < 4.78 is 8.06. The van der Waals surface area contributed by atoms with E-state index < -0.39 is 0 Å². The molecule has 0 aliphatic carbocycles. The van der Waals surface area contributed by atoms with Crippen LogP contribution in [0.5, 0.6) is 5.75 Å². The van der Waals surface area contributed by atoms with Gasteiger partial charge in [-0.1, -0.05) is 31.2 Å². The molecule has 0 saturated carbocycles. The summed E-state index contributed by atoms with van der Waals surface area (Å²) in [4.78, 5) is 6.93. The van der Waals surface area contributed by atoms with Crippen molar-refractivity contribution in [1.82, 2.24) is 14.9 Å². The zero-order valence-corrected chi connectivity index (χ0v) is 22.0. The first-order valence-electron chi connectivity index (χ1n) is 12.5. The van der Waals surface area contributed by atoms with E-state index in [0.717, 1.165) is 23.6 Å². The largest absolute Gasteiger partial charge is 0.494 e. The summed E-state index contributed by atoms with van der Waals surface area (Å²) in [5.41, 5.74) is 8.20. The predicted octanol–water partition coefficient (Wildman–Crippen LogP) is 6.63. The number of rotatable bonds is 7. The highest BCUT2D eigenvalue weighted by molar-refractivity contribution is 7.80. The lowest BCUT2D eigenvalue weighted by atomic mass is 9.96. The van der Waals surface area contributed by atoms with Gasteiger partial charge in [-0.25, -0.2) is 0 Å². The normalized spacial score (nSPS) is 17.3. The maximum atomic E-state index is 5.93. The van der Waals surface area contributed by atoms with Gasteiger partial charge in [0.25, 0.3) is 0 Å². The monoisotopic (exact) mass is 496 g/mol. The van der Waals surface area contributed by atoms with Gasteiger partial charge in [-0.05, 0) is 99.1 Å². The van der Waals surface area contributed by atoms with Gasteiger partial charge >= 0.3 is 0 Å². The summed E-state index contributed by atoms with van der Waals surface area (Å²) in [6.45, 7) is 9.23. The number of thiocarbonyl (C=S) groups is 1. The molecule has 0 bridgehead atoms. The van der Waals surface area contributed by atoms with Gasteiger partial charge in [-0.3, -0.25) is 4.98 Å². The topological polar surface area (TPSA) is 42.3 Å². The number of hydrogen-bond acceptors (Lipinski definition) is 3. The maximum absolute atomic E-state index is 5.93. The highest BCUT2D eigenvalue weighted by atomic mass is 32.1. The molecule has 2 atom stereocenters. The van der Waals surface area contributed by atoms with E-state index in [2.05, 4.69) is 84.1 Å². The highest BCUT2D eigenvalue weighted by Gasteiger charge is 2.42. The first kappa shape index (κ1) is 24.1. The third-order valence-corrected chi connectivity index (χ3v) is 7.24. The molecule has 6 heteroatoms. The standard InChI is InChI=1S/C30H32N4OS/c1-5-22-11-7-8-13-27(22)33-20(3)19-25(21(33)4)29-28(26-12-9-10-18-31-26)32-30(36)34(29)23-14-16-24(17-15-23)35-6-2/h7-19,28-29H,5-6H2,1-4H3,(H,32,36)/t28-,29-/m0/s1. The number of aryl methyl sites for hydroxylation is 2. The number of ether oxygens (including phenoxy) is 1. The molecule has 0 spiro atoms. The Labute approximate surface area is 218 Å². The van der Waals surface area contributed by atoms with Gasteiger partial charge in [-0.15, -0.1) is 0 Å². The molecule has 0 radical (unpaired) electrons. The SMILES string of the molecule is CCOc1ccc(N2C(=S)N[C@@H](c3ccccn3)[C@@H]2c2cc(C)n(-c3ccccc3CC)c2C)cc1. The molecule has 184 valence electrons. The minimum absolute atomic E-state index is 0.0564. The van der Waals surface area contributed by atoms with E-state index in [0.29, 0.717) is 11.7 Å². The fraction of sp³-hybridized carbons (Fsp3) is 0.267. The van der Waals surface area contributed by atoms with Crippen molar-refractivity contribution in [2.24, 2.45) is 0 Å². The van der Waals surface area contributed by atoms with E-state index in [9.17, 15) is 0 Å². The minimum Gasteiger partial charge on any atom is -0.494 e. The van der Waals surface area contributed by atoms with Crippen molar-refractivity contribution in [1.29, 1.82) is 0 Å². The van der Waals surface area contributed by atoms with Crippen molar-refractivity contribution < 1.29 is 4.74 Å². The highest BCUT2D eigenvalue weighted by Crippen LogP contribution is 2.44. The van der Waals surface area contributed by atoms with Gasteiger partial charge in [0, 0.05) is 29.0 Å². The van der Waals surface area contributed by atoms with Crippen LogP contribution in [0, 0.1) is 13.8 Å². The lowest BCUT2D eigenvalue weighted by molar-refractivity contribution is 0.340. The van der Waals surface area contributed by atoms with E-state index in [-0.39, 0.29) is 12.1 Å². The Balaban J connectivity index is 1.65. The maximum Gasteiger partial charge on any atom is 0.174 e. The van der Waals surface area contributed by atoms with Crippen LogP contribution in [0.3, 0.4) is 0 Å². The predicted molar refractivity (Wildman–Crippen MR) is 150 cm³/mol. The second-order valence-electron chi connectivity index (χ2n) is 9.07. The molecular weight excluding hydrogens is 464 g/mol. The zero-order chi connectivity index (χ0) is 25.2. The number of pyridine rings is 1. The van der Waals surface area contributed by atoms with Crippen molar-refractivity contribution in [3.8, 4) is 11.4 Å². The van der Waals surface area contributed by atoms with Crippen molar-refractivity contribution >= 4 is 23.0 Å². The van der Waals surface area contributed by atoms with Crippen LogP contribution in [0.2, 0.25) is 0 Å². The third kappa shape index (κ3) is 4.26. The second-order valence-corrected chi connectivity index (χ2v) is 9.45. The van der Waals surface area contributed by atoms with Crippen molar-refractivity contribution in [3.63, 3.8) is 0 Å². The third-order valence-electron chi connectivity index (χ3n) is 6.93. The zero-order valence-electron chi connectivity index (χ0n) is 21.2. The number of aromatic nitrogens is 2. The van der Waals surface area contributed by atoms with Crippen molar-refractivity contribution in [2.45, 2.75) is 46.2 Å². The lowest BCUT2D eigenvalue weighted by Gasteiger charge is -2.28. The van der Waals surface area contributed by atoms with Gasteiger partial charge < -0.3 is 19.5 Å². The summed E-state index contributed by atoms with van der Waals surface area (Å²) in [5, 5.41) is 4.27.